The van der Waals surface area contributed by atoms with Gasteiger partial charge in [0, 0.05) is 13.0 Å². The first-order chi connectivity index (χ1) is 9.36. The van der Waals surface area contributed by atoms with Crippen molar-refractivity contribution in [2.75, 3.05) is 13.7 Å². The molecule has 9 nitrogen and oxygen atoms in total. The van der Waals surface area contributed by atoms with Crippen LogP contribution in [-0.4, -0.2) is 43.4 Å². The number of esters is 1. The van der Waals surface area contributed by atoms with E-state index in [1.165, 1.54) is 7.11 Å². The summed E-state index contributed by atoms with van der Waals surface area (Å²) in [7, 11) is 1.23. The molecular weight excluding hydrogens is 266 g/mol. The van der Waals surface area contributed by atoms with Crippen LogP contribution in [0.5, 0.6) is 0 Å². The molecule has 0 spiro atoms. The number of nitrogens with one attached hydrogen (secondary N) is 1. The van der Waals surface area contributed by atoms with Gasteiger partial charge in [-0.1, -0.05) is 0 Å². The molecule has 0 rings (SSSR count). The van der Waals surface area contributed by atoms with Crippen LogP contribution >= 0.6 is 0 Å². The highest BCUT2D eigenvalue weighted by atomic mass is 16.5. The van der Waals surface area contributed by atoms with Crippen molar-refractivity contribution in [3.63, 3.8) is 0 Å². The monoisotopic (exact) mass is 287 g/mol. The lowest BCUT2D eigenvalue weighted by atomic mass is 10.1. The molecule has 0 aliphatic rings. The van der Waals surface area contributed by atoms with E-state index in [2.05, 4.69) is 15.0 Å². The van der Waals surface area contributed by atoms with Crippen molar-refractivity contribution in [2.24, 2.45) is 22.2 Å². The van der Waals surface area contributed by atoms with Crippen molar-refractivity contribution in [3.8, 4) is 0 Å². The van der Waals surface area contributed by atoms with Crippen molar-refractivity contribution in [1.82, 2.24) is 5.32 Å². The van der Waals surface area contributed by atoms with Crippen molar-refractivity contribution >= 4 is 23.7 Å². The summed E-state index contributed by atoms with van der Waals surface area (Å²) in [6, 6.07) is -0.811. The number of primary amides is 1. The van der Waals surface area contributed by atoms with Crippen LogP contribution in [0.25, 0.3) is 0 Å². The number of guanidine groups is 1. The normalized spacial score (nSPS) is 11.2. The molecule has 114 valence electrons. The predicted octanol–water partition coefficient (Wildman–Crippen LogP) is -2.04. The number of ether oxygens (including phenoxy) is 1. The average Bonchev–Trinajstić information content (AvgIpc) is 2.38. The van der Waals surface area contributed by atoms with Crippen LogP contribution in [0.1, 0.15) is 25.7 Å². The molecule has 0 aromatic rings. The number of hydrogen-bond acceptors (Lipinski definition) is 5. The number of nitrogens with two attached hydrogens (primary N) is 3. The fraction of sp³-hybridized carbons (Fsp3) is 0.636. The van der Waals surface area contributed by atoms with E-state index in [1.807, 2.05) is 0 Å². The van der Waals surface area contributed by atoms with E-state index in [-0.39, 0.29) is 18.8 Å². The third-order valence-corrected chi connectivity index (χ3v) is 2.41. The second-order valence-corrected chi connectivity index (χ2v) is 4.05. The maximum absolute atomic E-state index is 11.5. The summed E-state index contributed by atoms with van der Waals surface area (Å²) >= 11 is 0. The molecule has 9 heteroatoms. The highest BCUT2D eigenvalue weighted by Gasteiger charge is 2.18. The van der Waals surface area contributed by atoms with Gasteiger partial charge in [-0.2, -0.15) is 0 Å². The molecular formula is C11H21N5O4. The minimum Gasteiger partial charge on any atom is -0.469 e. The second kappa shape index (κ2) is 9.59. The Hall–Kier alpha value is -2.32. The topological polar surface area (TPSA) is 163 Å². The molecule has 0 aliphatic carbocycles. The van der Waals surface area contributed by atoms with Gasteiger partial charge in [-0.3, -0.25) is 19.4 Å². The zero-order valence-electron chi connectivity index (χ0n) is 11.4. The third-order valence-electron chi connectivity index (χ3n) is 2.41. The molecule has 1 atom stereocenters. The van der Waals surface area contributed by atoms with Gasteiger partial charge in [-0.25, -0.2) is 0 Å². The molecule has 0 bridgehead atoms. The summed E-state index contributed by atoms with van der Waals surface area (Å²) in [6.07, 6.45) is 0.686. The Labute approximate surface area is 116 Å². The Kier molecular flexibility index (Phi) is 8.48. The molecule has 2 amide bonds. The smallest absolute Gasteiger partial charge is 0.306 e. The van der Waals surface area contributed by atoms with E-state index in [0.29, 0.717) is 19.4 Å². The minimum absolute atomic E-state index is 0.0391. The number of nitrogens with zero attached hydrogens (tertiary/aromatic N) is 1. The molecule has 0 saturated carbocycles. The Morgan fingerprint density at radius 1 is 1.20 bits per heavy atom. The fourth-order valence-corrected chi connectivity index (χ4v) is 1.37. The molecule has 1 unspecified atom stereocenters. The van der Waals surface area contributed by atoms with E-state index in [0.717, 1.165) is 0 Å². The lowest BCUT2D eigenvalue weighted by molar-refractivity contribution is -0.142. The second-order valence-electron chi connectivity index (χ2n) is 4.05. The van der Waals surface area contributed by atoms with Crippen molar-refractivity contribution in [3.05, 3.63) is 0 Å². The van der Waals surface area contributed by atoms with Crippen molar-refractivity contribution in [1.29, 1.82) is 0 Å². The van der Waals surface area contributed by atoms with Gasteiger partial charge in [-0.15, -0.1) is 0 Å². The highest BCUT2D eigenvalue weighted by molar-refractivity contribution is 5.87. The summed E-state index contributed by atoms with van der Waals surface area (Å²) in [5.74, 6) is -1.63. The summed E-state index contributed by atoms with van der Waals surface area (Å²) in [5.41, 5.74) is 15.5. The Balaban J connectivity index is 4.13. The predicted molar refractivity (Wildman–Crippen MR) is 72.3 cm³/mol. The van der Waals surface area contributed by atoms with Crippen molar-refractivity contribution in [2.45, 2.75) is 31.7 Å². The third kappa shape index (κ3) is 8.72. The minimum atomic E-state index is -0.811. The van der Waals surface area contributed by atoms with E-state index in [4.69, 9.17) is 17.2 Å². The molecule has 0 radical (unpaired) electrons. The SMILES string of the molecule is COC(=O)CCC(=O)NC(CCCN=C(N)N)C(N)=O. The van der Waals surface area contributed by atoms with Gasteiger partial charge in [0.2, 0.25) is 11.8 Å². The van der Waals surface area contributed by atoms with Gasteiger partial charge in [0.15, 0.2) is 5.96 Å². The first-order valence-corrected chi connectivity index (χ1v) is 6.07. The Morgan fingerprint density at radius 2 is 1.85 bits per heavy atom. The maximum atomic E-state index is 11.5. The number of amides is 2. The van der Waals surface area contributed by atoms with E-state index >= 15 is 0 Å². The first-order valence-electron chi connectivity index (χ1n) is 6.07. The Morgan fingerprint density at radius 3 is 2.35 bits per heavy atom. The Bertz CT molecular complexity index is 379. The molecule has 0 saturated heterocycles. The molecule has 0 aromatic carbocycles. The van der Waals surface area contributed by atoms with Gasteiger partial charge in [0.25, 0.3) is 0 Å². The summed E-state index contributed by atoms with van der Waals surface area (Å²) in [4.78, 5) is 37.3. The average molecular weight is 287 g/mol. The summed E-state index contributed by atoms with van der Waals surface area (Å²) < 4.78 is 4.41. The van der Waals surface area contributed by atoms with Crippen LogP contribution in [-0.2, 0) is 19.1 Å². The molecule has 0 fully saturated rings. The number of hydrogen-bond donors (Lipinski definition) is 4. The van der Waals surface area contributed by atoms with E-state index in [1.54, 1.807) is 0 Å². The molecule has 7 N–H and O–H groups in total. The zero-order valence-corrected chi connectivity index (χ0v) is 11.4. The largest absolute Gasteiger partial charge is 0.469 e. The lowest BCUT2D eigenvalue weighted by Crippen LogP contribution is -2.44. The molecule has 0 aromatic heterocycles. The summed E-state index contributed by atoms with van der Waals surface area (Å²) in [6.45, 7) is 0.337. The number of aliphatic imine (C=N–C) groups is 1. The van der Waals surface area contributed by atoms with Gasteiger partial charge in [-0.05, 0) is 12.8 Å². The van der Waals surface area contributed by atoms with Gasteiger partial charge in [0.1, 0.15) is 6.04 Å². The quantitative estimate of drug-likeness (QED) is 0.165. The van der Waals surface area contributed by atoms with Crippen LogP contribution < -0.4 is 22.5 Å². The first kappa shape index (κ1) is 17.7. The van der Waals surface area contributed by atoms with Crippen LogP contribution in [0.15, 0.2) is 4.99 Å². The van der Waals surface area contributed by atoms with Crippen LogP contribution in [0.2, 0.25) is 0 Å². The molecule has 0 aliphatic heterocycles. The fourth-order valence-electron chi connectivity index (χ4n) is 1.37. The standard InChI is InChI=1S/C11H21N5O4/c1-20-9(18)5-4-8(17)16-7(10(12)19)3-2-6-15-11(13)14/h7H,2-6H2,1H3,(H2,12,19)(H,16,17)(H4,13,14,15). The van der Waals surface area contributed by atoms with Gasteiger partial charge >= 0.3 is 5.97 Å². The molecule has 0 heterocycles. The zero-order chi connectivity index (χ0) is 15.5. The van der Waals surface area contributed by atoms with Crippen LogP contribution in [0.3, 0.4) is 0 Å². The van der Waals surface area contributed by atoms with E-state index in [9.17, 15) is 14.4 Å². The van der Waals surface area contributed by atoms with Crippen molar-refractivity contribution < 1.29 is 19.1 Å². The van der Waals surface area contributed by atoms with Crippen LogP contribution in [0.4, 0.5) is 0 Å². The van der Waals surface area contributed by atoms with Gasteiger partial charge in [0.05, 0.1) is 13.5 Å². The van der Waals surface area contributed by atoms with Gasteiger partial charge < -0.3 is 27.3 Å². The summed E-state index contributed by atoms with van der Waals surface area (Å²) in [5, 5.41) is 2.45. The number of carbonyl (C=O) groups is 3. The highest BCUT2D eigenvalue weighted by Crippen LogP contribution is 2.00. The van der Waals surface area contributed by atoms with Crippen LogP contribution in [0, 0.1) is 0 Å². The number of carbonyl (C=O) groups excluding carboxylic acids is 3. The number of rotatable bonds is 9. The number of methoxy groups -OCH3 is 1. The van der Waals surface area contributed by atoms with E-state index < -0.39 is 23.8 Å². The lowest BCUT2D eigenvalue weighted by Gasteiger charge is -2.14. The maximum Gasteiger partial charge on any atom is 0.306 e. The molecule has 20 heavy (non-hydrogen) atoms.